The van der Waals surface area contributed by atoms with Gasteiger partial charge in [-0.3, -0.25) is 0 Å². The number of benzene rings is 1. The van der Waals surface area contributed by atoms with Crippen LogP contribution in [0.15, 0.2) is 18.2 Å². The maximum absolute atomic E-state index is 13.7. The van der Waals surface area contributed by atoms with Gasteiger partial charge in [0.25, 0.3) is 0 Å². The van der Waals surface area contributed by atoms with Gasteiger partial charge in [0.2, 0.25) is 0 Å². The summed E-state index contributed by atoms with van der Waals surface area (Å²) in [6, 6.07) is 5.16. The van der Waals surface area contributed by atoms with Gasteiger partial charge in [0.15, 0.2) is 5.82 Å². The lowest BCUT2D eigenvalue weighted by molar-refractivity contribution is 0.618. The first kappa shape index (κ1) is 13.0. The molecule has 1 N–H and O–H groups in total. The van der Waals surface area contributed by atoms with Crippen LogP contribution in [-0.4, -0.2) is 17.0 Å². The van der Waals surface area contributed by atoms with E-state index in [1.54, 1.807) is 13.0 Å². The van der Waals surface area contributed by atoms with Crippen LogP contribution in [0.25, 0.3) is 11.4 Å². The van der Waals surface area contributed by atoms with E-state index >= 15 is 0 Å². The molecule has 0 radical (unpaired) electrons. The van der Waals surface area contributed by atoms with Crippen LogP contribution in [0.1, 0.15) is 29.7 Å². The van der Waals surface area contributed by atoms with Crippen molar-refractivity contribution in [1.29, 1.82) is 0 Å². The number of halogens is 1. The molecule has 1 aliphatic carbocycles. The standard InChI is InChI=1S/C16H18FN3/c1-10-7-8-11(9-13(10)17)15-19-14-6-4-3-5-12(14)16(18-2)20-15/h7-9H,3-6H2,1-2H3,(H,18,19,20). The molecule has 0 bridgehead atoms. The molecule has 3 nitrogen and oxygen atoms in total. The van der Waals surface area contributed by atoms with Gasteiger partial charge in [0.05, 0.1) is 0 Å². The second-order valence-corrected chi connectivity index (χ2v) is 5.24. The molecule has 2 aromatic rings. The Morgan fingerprint density at radius 2 is 1.95 bits per heavy atom. The van der Waals surface area contributed by atoms with Crippen molar-refractivity contribution < 1.29 is 4.39 Å². The molecule has 0 atom stereocenters. The van der Waals surface area contributed by atoms with E-state index < -0.39 is 0 Å². The largest absolute Gasteiger partial charge is 0.373 e. The molecule has 104 valence electrons. The predicted molar refractivity (Wildman–Crippen MR) is 78.4 cm³/mol. The quantitative estimate of drug-likeness (QED) is 0.908. The van der Waals surface area contributed by atoms with Gasteiger partial charge in [0.1, 0.15) is 11.6 Å². The molecule has 1 aliphatic rings. The molecule has 0 amide bonds. The van der Waals surface area contributed by atoms with E-state index in [4.69, 9.17) is 0 Å². The summed E-state index contributed by atoms with van der Waals surface area (Å²) in [5.41, 5.74) is 3.69. The van der Waals surface area contributed by atoms with Gasteiger partial charge in [-0.25, -0.2) is 14.4 Å². The summed E-state index contributed by atoms with van der Waals surface area (Å²) < 4.78 is 13.7. The Morgan fingerprint density at radius 1 is 1.15 bits per heavy atom. The highest BCUT2D eigenvalue weighted by molar-refractivity contribution is 5.60. The van der Waals surface area contributed by atoms with Crippen LogP contribution in [0, 0.1) is 12.7 Å². The monoisotopic (exact) mass is 271 g/mol. The van der Waals surface area contributed by atoms with Crippen LogP contribution in [0.5, 0.6) is 0 Å². The zero-order valence-corrected chi connectivity index (χ0v) is 11.8. The maximum atomic E-state index is 13.7. The van der Waals surface area contributed by atoms with Crippen LogP contribution in [-0.2, 0) is 12.8 Å². The molecular formula is C16H18FN3. The second-order valence-electron chi connectivity index (χ2n) is 5.24. The number of rotatable bonds is 2. The molecule has 1 aromatic heterocycles. The first-order valence-electron chi connectivity index (χ1n) is 7.03. The number of aromatic nitrogens is 2. The molecule has 0 aliphatic heterocycles. The maximum Gasteiger partial charge on any atom is 0.161 e. The highest BCUT2D eigenvalue weighted by atomic mass is 19.1. The summed E-state index contributed by atoms with van der Waals surface area (Å²) >= 11 is 0. The summed E-state index contributed by atoms with van der Waals surface area (Å²) in [5.74, 6) is 1.27. The van der Waals surface area contributed by atoms with E-state index in [2.05, 4.69) is 15.3 Å². The van der Waals surface area contributed by atoms with E-state index in [0.29, 0.717) is 11.4 Å². The number of nitrogens with zero attached hydrogens (tertiary/aromatic N) is 2. The van der Waals surface area contributed by atoms with Crippen molar-refractivity contribution in [3.63, 3.8) is 0 Å². The highest BCUT2D eigenvalue weighted by Gasteiger charge is 2.18. The van der Waals surface area contributed by atoms with Gasteiger partial charge in [0, 0.05) is 23.9 Å². The van der Waals surface area contributed by atoms with E-state index in [0.717, 1.165) is 36.3 Å². The Kier molecular flexibility index (Phi) is 3.38. The zero-order chi connectivity index (χ0) is 14.1. The van der Waals surface area contributed by atoms with Gasteiger partial charge in [-0.05, 0) is 44.2 Å². The Balaban J connectivity index is 2.11. The zero-order valence-electron chi connectivity index (χ0n) is 11.8. The first-order chi connectivity index (χ1) is 9.69. The minimum Gasteiger partial charge on any atom is -0.373 e. The van der Waals surface area contributed by atoms with E-state index in [-0.39, 0.29) is 5.82 Å². The van der Waals surface area contributed by atoms with Crippen molar-refractivity contribution >= 4 is 5.82 Å². The smallest absolute Gasteiger partial charge is 0.161 e. The Labute approximate surface area is 118 Å². The number of aryl methyl sites for hydroxylation is 2. The lowest BCUT2D eigenvalue weighted by Crippen LogP contribution is -2.12. The van der Waals surface area contributed by atoms with Crippen LogP contribution < -0.4 is 5.32 Å². The Bertz CT molecular complexity index is 635. The number of hydrogen-bond donors (Lipinski definition) is 1. The fourth-order valence-electron chi connectivity index (χ4n) is 2.66. The van der Waals surface area contributed by atoms with E-state index in [9.17, 15) is 4.39 Å². The Morgan fingerprint density at radius 3 is 2.70 bits per heavy atom. The van der Waals surface area contributed by atoms with Crippen molar-refractivity contribution in [3.05, 3.63) is 40.8 Å². The summed E-state index contributed by atoms with van der Waals surface area (Å²) in [4.78, 5) is 9.20. The summed E-state index contributed by atoms with van der Waals surface area (Å²) in [6.07, 6.45) is 4.35. The van der Waals surface area contributed by atoms with Crippen molar-refractivity contribution in [2.24, 2.45) is 0 Å². The molecule has 3 rings (SSSR count). The predicted octanol–water partition coefficient (Wildman–Crippen LogP) is 3.51. The minimum atomic E-state index is -0.213. The van der Waals surface area contributed by atoms with Gasteiger partial charge >= 0.3 is 0 Å². The van der Waals surface area contributed by atoms with Crippen LogP contribution in [0.4, 0.5) is 10.2 Å². The molecule has 1 aromatic carbocycles. The van der Waals surface area contributed by atoms with Gasteiger partial charge in [-0.1, -0.05) is 12.1 Å². The average Bonchev–Trinajstić information content (AvgIpc) is 2.49. The topological polar surface area (TPSA) is 37.8 Å². The fourth-order valence-corrected chi connectivity index (χ4v) is 2.66. The molecule has 4 heteroatoms. The van der Waals surface area contributed by atoms with Gasteiger partial charge in [-0.15, -0.1) is 0 Å². The number of nitrogens with one attached hydrogen (secondary N) is 1. The summed E-state index contributed by atoms with van der Waals surface area (Å²) in [7, 11) is 1.87. The molecule has 1 heterocycles. The summed E-state index contributed by atoms with van der Waals surface area (Å²) in [6.45, 7) is 1.76. The molecule has 0 saturated carbocycles. The third-order valence-corrected chi connectivity index (χ3v) is 3.85. The van der Waals surface area contributed by atoms with Crippen molar-refractivity contribution in [3.8, 4) is 11.4 Å². The Hall–Kier alpha value is -1.97. The normalized spacial score (nSPS) is 13.9. The van der Waals surface area contributed by atoms with Crippen LogP contribution in [0.3, 0.4) is 0 Å². The number of anilines is 1. The second kappa shape index (κ2) is 5.19. The summed E-state index contributed by atoms with van der Waals surface area (Å²) in [5, 5.41) is 3.15. The van der Waals surface area contributed by atoms with Crippen molar-refractivity contribution in [2.75, 3.05) is 12.4 Å². The molecular weight excluding hydrogens is 253 g/mol. The SMILES string of the molecule is CNc1nc(-c2ccc(C)c(F)c2)nc2c1CCCC2. The van der Waals surface area contributed by atoms with Gasteiger partial charge in [-0.2, -0.15) is 0 Å². The molecule has 0 saturated heterocycles. The third-order valence-electron chi connectivity index (χ3n) is 3.85. The molecule has 20 heavy (non-hydrogen) atoms. The van der Waals surface area contributed by atoms with Crippen molar-refractivity contribution in [1.82, 2.24) is 9.97 Å². The van der Waals surface area contributed by atoms with Crippen LogP contribution in [0.2, 0.25) is 0 Å². The van der Waals surface area contributed by atoms with Crippen molar-refractivity contribution in [2.45, 2.75) is 32.6 Å². The minimum absolute atomic E-state index is 0.213. The fraction of sp³-hybridized carbons (Fsp3) is 0.375. The van der Waals surface area contributed by atoms with Crippen LogP contribution >= 0.6 is 0 Å². The lowest BCUT2D eigenvalue weighted by Gasteiger charge is -2.18. The van der Waals surface area contributed by atoms with E-state index in [1.165, 1.54) is 18.1 Å². The molecule has 0 fully saturated rings. The first-order valence-corrected chi connectivity index (χ1v) is 7.03. The third kappa shape index (κ3) is 2.26. The van der Waals surface area contributed by atoms with Gasteiger partial charge < -0.3 is 5.32 Å². The number of hydrogen-bond acceptors (Lipinski definition) is 3. The lowest BCUT2D eigenvalue weighted by atomic mass is 9.96. The average molecular weight is 271 g/mol. The van der Waals surface area contributed by atoms with E-state index in [1.807, 2.05) is 13.1 Å². The molecule has 0 spiro atoms. The highest BCUT2D eigenvalue weighted by Crippen LogP contribution is 2.28. The number of fused-ring (bicyclic) bond motifs is 1. The molecule has 0 unspecified atom stereocenters.